The molecule has 0 atom stereocenters. The Morgan fingerprint density at radius 1 is 1.23 bits per heavy atom. The van der Waals surface area contributed by atoms with E-state index in [0.717, 1.165) is 43.4 Å². The topological polar surface area (TPSA) is 111 Å². The van der Waals surface area contributed by atoms with Gasteiger partial charge in [-0.3, -0.25) is 0 Å². The Morgan fingerprint density at radius 2 is 2.04 bits per heavy atom. The molecule has 4 rings (SSSR count). The quantitative estimate of drug-likeness (QED) is 0.849. The molecule has 2 aromatic heterocycles. The number of anilines is 1. The number of nitrogens with zero attached hydrogens (tertiary/aromatic N) is 2. The average Bonchev–Trinajstić information content (AvgIpc) is 2.99. The predicted molar refractivity (Wildman–Crippen MR) is 100 cm³/mol. The lowest BCUT2D eigenvalue weighted by Gasteiger charge is -2.21. The van der Waals surface area contributed by atoms with E-state index in [-0.39, 0.29) is 22.4 Å². The summed E-state index contributed by atoms with van der Waals surface area (Å²) in [5.41, 5.74) is 9.04. The largest absolute Gasteiger partial charge is 0.384 e. The molecular weight excluding hydrogens is 352 g/mol. The van der Waals surface area contributed by atoms with E-state index in [1.165, 1.54) is 12.7 Å². The van der Waals surface area contributed by atoms with E-state index in [0.29, 0.717) is 24.2 Å². The number of nitrogen functional groups attached to an aromatic ring is 1. The van der Waals surface area contributed by atoms with E-state index in [1.54, 1.807) is 0 Å². The van der Waals surface area contributed by atoms with Crippen LogP contribution in [0.1, 0.15) is 44.2 Å². The maximum absolute atomic E-state index is 13.1. The molecule has 0 bridgehead atoms. The number of nitrogens with one attached hydrogen (secondary N) is 1. The van der Waals surface area contributed by atoms with Crippen molar-refractivity contribution in [3.8, 4) is 0 Å². The number of aromatic amines is 1. The Labute approximate surface area is 153 Å². The normalized spacial score (nSPS) is 19.6. The number of allylic oxidation sites excluding steroid dienone is 2. The fraction of sp³-hybridized carbons (Fsp3) is 0.556. The SMILES string of the molecule is Nc1[nH]c2c(C3=CCCCC3)ncnc2c1S(=O)(=O)CC1CCOCC1. The number of ether oxygens (including phenoxy) is 1. The van der Waals surface area contributed by atoms with Crippen molar-refractivity contribution in [2.75, 3.05) is 24.7 Å². The molecule has 1 saturated heterocycles. The van der Waals surface area contributed by atoms with E-state index >= 15 is 0 Å². The van der Waals surface area contributed by atoms with Gasteiger partial charge in [0.05, 0.1) is 17.0 Å². The smallest absolute Gasteiger partial charge is 0.184 e. The zero-order valence-corrected chi connectivity index (χ0v) is 15.5. The summed E-state index contributed by atoms with van der Waals surface area (Å²) < 4.78 is 31.5. The third-order valence-electron chi connectivity index (χ3n) is 5.27. The molecule has 26 heavy (non-hydrogen) atoms. The number of sulfone groups is 1. The van der Waals surface area contributed by atoms with Crippen molar-refractivity contribution in [1.82, 2.24) is 15.0 Å². The van der Waals surface area contributed by atoms with Crippen LogP contribution in [0.3, 0.4) is 0 Å². The maximum Gasteiger partial charge on any atom is 0.184 e. The second kappa shape index (κ2) is 7.00. The standard InChI is InChI=1S/C18H24N4O3S/c19-18-17(26(23,24)10-12-6-8-25-9-7-12)16-15(22-18)14(20-11-21-16)13-4-2-1-3-5-13/h4,11-12,22H,1-3,5-10,19H2. The molecule has 2 aromatic rings. The number of H-pyrrole nitrogens is 1. The minimum atomic E-state index is -3.54. The highest BCUT2D eigenvalue weighted by Crippen LogP contribution is 2.35. The number of fused-ring (bicyclic) bond motifs is 1. The maximum atomic E-state index is 13.1. The first-order valence-electron chi connectivity index (χ1n) is 9.18. The molecule has 3 heterocycles. The minimum Gasteiger partial charge on any atom is -0.384 e. The van der Waals surface area contributed by atoms with Gasteiger partial charge in [-0.2, -0.15) is 0 Å². The molecule has 1 aliphatic heterocycles. The van der Waals surface area contributed by atoms with Crippen LogP contribution in [0.2, 0.25) is 0 Å². The van der Waals surface area contributed by atoms with Crippen molar-refractivity contribution in [3.63, 3.8) is 0 Å². The molecule has 140 valence electrons. The molecule has 3 N–H and O–H groups in total. The van der Waals surface area contributed by atoms with Crippen LogP contribution < -0.4 is 5.73 Å². The molecule has 2 aliphatic rings. The minimum absolute atomic E-state index is 0.0789. The Kier molecular flexibility index (Phi) is 4.71. The monoisotopic (exact) mass is 376 g/mol. The van der Waals surface area contributed by atoms with Gasteiger partial charge in [-0.25, -0.2) is 18.4 Å². The van der Waals surface area contributed by atoms with Crippen LogP contribution in [0.15, 0.2) is 17.3 Å². The fourth-order valence-corrected chi connectivity index (χ4v) is 5.87. The Morgan fingerprint density at radius 3 is 2.77 bits per heavy atom. The third-order valence-corrected chi connectivity index (χ3v) is 7.21. The Bertz CT molecular complexity index is 943. The fourth-order valence-electron chi connectivity index (χ4n) is 3.91. The lowest BCUT2D eigenvalue weighted by molar-refractivity contribution is 0.0723. The molecule has 0 unspecified atom stereocenters. The first-order valence-corrected chi connectivity index (χ1v) is 10.8. The number of rotatable bonds is 4. The Hall–Kier alpha value is -1.93. The highest BCUT2D eigenvalue weighted by atomic mass is 32.2. The van der Waals surface area contributed by atoms with Gasteiger partial charge < -0.3 is 15.5 Å². The third kappa shape index (κ3) is 3.23. The van der Waals surface area contributed by atoms with E-state index in [9.17, 15) is 8.42 Å². The van der Waals surface area contributed by atoms with Gasteiger partial charge in [-0.1, -0.05) is 6.08 Å². The number of aromatic nitrogens is 3. The van der Waals surface area contributed by atoms with E-state index in [1.807, 2.05) is 0 Å². The molecule has 1 fully saturated rings. The highest BCUT2D eigenvalue weighted by Gasteiger charge is 2.30. The summed E-state index contributed by atoms with van der Waals surface area (Å²) in [7, 11) is -3.54. The van der Waals surface area contributed by atoms with Crippen LogP contribution in [0.25, 0.3) is 16.6 Å². The molecule has 0 radical (unpaired) electrons. The van der Waals surface area contributed by atoms with E-state index in [4.69, 9.17) is 10.5 Å². The molecule has 7 nitrogen and oxygen atoms in total. The van der Waals surface area contributed by atoms with Gasteiger partial charge in [0.15, 0.2) is 9.84 Å². The molecule has 1 aliphatic carbocycles. The van der Waals surface area contributed by atoms with Crippen LogP contribution in [-0.2, 0) is 14.6 Å². The van der Waals surface area contributed by atoms with Gasteiger partial charge in [0.25, 0.3) is 0 Å². The molecule has 0 amide bonds. The van der Waals surface area contributed by atoms with Crippen molar-refractivity contribution in [2.24, 2.45) is 5.92 Å². The van der Waals surface area contributed by atoms with Gasteiger partial charge in [0, 0.05) is 13.2 Å². The van der Waals surface area contributed by atoms with Gasteiger partial charge in [0.1, 0.15) is 22.6 Å². The average molecular weight is 376 g/mol. The molecular formula is C18H24N4O3S. The zero-order chi connectivity index (χ0) is 18.1. The van der Waals surface area contributed by atoms with E-state index < -0.39 is 9.84 Å². The van der Waals surface area contributed by atoms with Gasteiger partial charge in [-0.15, -0.1) is 0 Å². The van der Waals surface area contributed by atoms with Crippen LogP contribution >= 0.6 is 0 Å². The lowest BCUT2D eigenvalue weighted by Crippen LogP contribution is -2.24. The number of nitrogens with two attached hydrogens (primary N) is 1. The zero-order valence-electron chi connectivity index (χ0n) is 14.7. The molecule has 0 spiro atoms. The summed E-state index contributed by atoms with van der Waals surface area (Å²) >= 11 is 0. The van der Waals surface area contributed by atoms with Gasteiger partial charge in [0.2, 0.25) is 0 Å². The van der Waals surface area contributed by atoms with E-state index in [2.05, 4.69) is 21.0 Å². The lowest BCUT2D eigenvalue weighted by atomic mass is 9.96. The first kappa shape index (κ1) is 17.5. The summed E-state index contributed by atoms with van der Waals surface area (Å²) in [6.45, 7) is 1.23. The summed E-state index contributed by atoms with van der Waals surface area (Å²) in [6.07, 6.45) is 9.38. The number of hydrogen-bond donors (Lipinski definition) is 2. The summed E-state index contributed by atoms with van der Waals surface area (Å²) in [5.74, 6) is 0.334. The molecule has 0 saturated carbocycles. The van der Waals surface area contributed by atoms with Crippen molar-refractivity contribution in [3.05, 3.63) is 18.1 Å². The van der Waals surface area contributed by atoms with Crippen LogP contribution in [0.4, 0.5) is 5.82 Å². The Balaban J connectivity index is 1.76. The number of hydrogen-bond acceptors (Lipinski definition) is 6. The second-order valence-corrected chi connectivity index (χ2v) is 9.10. The highest BCUT2D eigenvalue weighted by molar-refractivity contribution is 7.91. The molecule has 8 heteroatoms. The van der Waals surface area contributed by atoms with Gasteiger partial charge in [-0.05, 0) is 50.0 Å². The predicted octanol–water partition coefficient (Wildman–Crippen LogP) is 2.70. The van der Waals surface area contributed by atoms with Crippen LogP contribution in [0, 0.1) is 5.92 Å². The summed E-state index contributed by atoms with van der Waals surface area (Å²) in [4.78, 5) is 11.8. The molecule has 0 aromatic carbocycles. The first-order chi connectivity index (χ1) is 12.6. The van der Waals surface area contributed by atoms with Crippen molar-refractivity contribution >= 4 is 32.3 Å². The summed E-state index contributed by atoms with van der Waals surface area (Å²) in [6, 6.07) is 0. The van der Waals surface area contributed by atoms with Crippen molar-refractivity contribution < 1.29 is 13.2 Å². The summed E-state index contributed by atoms with van der Waals surface area (Å²) in [5, 5.41) is 0. The van der Waals surface area contributed by atoms with Crippen LogP contribution in [-0.4, -0.2) is 42.3 Å². The van der Waals surface area contributed by atoms with Crippen molar-refractivity contribution in [2.45, 2.75) is 43.4 Å². The second-order valence-electron chi connectivity index (χ2n) is 7.13. The van der Waals surface area contributed by atoms with Crippen LogP contribution in [0.5, 0.6) is 0 Å². The van der Waals surface area contributed by atoms with Crippen molar-refractivity contribution in [1.29, 1.82) is 0 Å². The van der Waals surface area contributed by atoms with Gasteiger partial charge >= 0.3 is 0 Å².